The summed E-state index contributed by atoms with van der Waals surface area (Å²) < 4.78 is 0. The van der Waals surface area contributed by atoms with Gasteiger partial charge in [0.05, 0.1) is 0 Å². The topological polar surface area (TPSA) is 23.5 Å². The minimum atomic E-state index is 0.389. The van der Waals surface area contributed by atoms with E-state index >= 15 is 0 Å². The summed E-state index contributed by atoms with van der Waals surface area (Å²) in [6.07, 6.45) is 5.30. The van der Waals surface area contributed by atoms with Gasteiger partial charge in [0.25, 0.3) is 0 Å². The fourth-order valence-electron chi connectivity index (χ4n) is 2.89. The first-order chi connectivity index (χ1) is 6.24. The maximum atomic E-state index is 9.05. The van der Waals surface area contributed by atoms with Gasteiger partial charge in [0.2, 0.25) is 0 Å². The molecule has 0 aromatic rings. The SMILES string of the molecule is C[C@@H]1CCC[C@H](C)N1C1CC1CO. The maximum Gasteiger partial charge on any atom is 0.0474 e. The Bertz CT molecular complexity index is 173. The molecule has 4 atom stereocenters. The van der Waals surface area contributed by atoms with Crippen LogP contribution in [0.5, 0.6) is 0 Å². The van der Waals surface area contributed by atoms with Gasteiger partial charge in [-0.3, -0.25) is 4.90 Å². The lowest BCUT2D eigenvalue weighted by atomic mass is 9.97. The minimum Gasteiger partial charge on any atom is -0.396 e. The molecule has 2 fully saturated rings. The Labute approximate surface area is 80.9 Å². The average molecular weight is 183 g/mol. The molecule has 1 N–H and O–H groups in total. The van der Waals surface area contributed by atoms with E-state index in [0.29, 0.717) is 18.6 Å². The van der Waals surface area contributed by atoms with Gasteiger partial charge < -0.3 is 5.11 Å². The molecule has 0 aromatic heterocycles. The average Bonchev–Trinajstić information content (AvgIpc) is 2.83. The Morgan fingerprint density at radius 3 is 2.31 bits per heavy atom. The van der Waals surface area contributed by atoms with E-state index in [1.54, 1.807) is 0 Å². The highest BCUT2D eigenvalue weighted by Crippen LogP contribution is 2.40. The van der Waals surface area contributed by atoms with E-state index in [0.717, 1.165) is 12.1 Å². The molecule has 1 heterocycles. The summed E-state index contributed by atoms with van der Waals surface area (Å²) in [5, 5.41) is 9.05. The molecule has 13 heavy (non-hydrogen) atoms. The highest BCUT2D eigenvalue weighted by atomic mass is 16.3. The first-order valence-electron chi connectivity index (χ1n) is 5.62. The second-order valence-corrected chi connectivity index (χ2v) is 4.82. The number of aliphatic hydroxyl groups is 1. The van der Waals surface area contributed by atoms with Crippen LogP contribution in [0.15, 0.2) is 0 Å². The second-order valence-electron chi connectivity index (χ2n) is 4.82. The van der Waals surface area contributed by atoms with Crippen molar-refractivity contribution < 1.29 is 5.11 Å². The molecule has 2 unspecified atom stereocenters. The van der Waals surface area contributed by atoms with Crippen molar-refractivity contribution in [3.63, 3.8) is 0 Å². The zero-order valence-electron chi connectivity index (χ0n) is 8.74. The van der Waals surface area contributed by atoms with Crippen molar-refractivity contribution >= 4 is 0 Å². The molecule has 76 valence electrons. The lowest BCUT2D eigenvalue weighted by Gasteiger charge is -2.39. The van der Waals surface area contributed by atoms with Crippen LogP contribution in [0.2, 0.25) is 0 Å². The number of hydrogen-bond donors (Lipinski definition) is 1. The fourth-order valence-corrected chi connectivity index (χ4v) is 2.89. The lowest BCUT2D eigenvalue weighted by molar-refractivity contribution is 0.0833. The summed E-state index contributed by atoms with van der Waals surface area (Å²) in [5.74, 6) is 0.586. The highest BCUT2D eigenvalue weighted by molar-refractivity contribution is 4.99. The quantitative estimate of drug-likeness (QED) is 0.703. The lowest BCUT2D eigenvalue weighted by Crippen LogP contribution is -2.45. The van der Waals surface area contributed by atoms with Gasteiger partial charge in [-0.05, 0) is 39.0 Å². The summed E-state index contributed by atoms with van der Waals surface area (Å²) in [7, 11) is 0. The molecule has 1 aliphatic heterocycles. The molecule has 0 amide bonds. The van der Waals surface area contributed by atoms with Crippen LogP contribution in [0.4, 0.5) is 0 Å². The predicted octanol–water partition coefficient (Wildman–Crippen LogP) is 1.63. The number of likely N-dealkylation sites (tertiary alicyclic amines) is 1. The van der Waals surface area contributed by atoms with Gasteiger partial charge >= 0.3 is 0 Å². The van der Waals surface area contributed by atoms with Crippen molar-refractivity contribution in [3.05, 3.63) is 0 Å². The van der Waals surface area contributed by atoms with Crippen molar-refractivity contribution in [1.29, 1.82) is 0 Å². The van der Waals surface area contributed by atoms with E-state index in [-0.39, 0.29) is 0 Å². The Balaban J connectivity index is 1.95. The van der Waals surface area contributed by atoms with E-state index in [2.05, 4.69) is 18.7 Å². The second kappa shape index (κ2) is 3.58. The molecule has 2 aliphatic rings. The highest BCUT2D eigenvalue weighted by Gasteiger charge is 2.45. The normalized spacial score (nSPS) is 46.4. The van der Waals surface area contributed by atoms with E-state index in [1.807, 2.05) is 0 Å². The van der Waals surface area contributed by atoms with Crippen LogP contribution in [0.3, 0.4) is 0 Å². The van der Waals surface area contributed by atoms with E-state index in [1.165, 1.54) is 25.7 Å². The number of rotatable bonds is 2. The zero-order valence-corrected chi connectivity index (χ0v) is 8.74. The summed E-state index contributed by atoms with van der Waals surface area (Å²) in [6.45, 7) is 5.06. The van der Waals surface area contributed by atoms with Crippen LogP contribution >= 0.6 is 0 Å². The van der Waals surface area contributed by atoms with Crippen LogP contribution in [0.1, 0.15) is 39.5 Å². The van der Waals surface area contributed by atoms with Crippen molar-refractivity contribution in [1.82, 2.24) is 4.90 Å². The number of piperidine rings is 1. The summed E-state index contributed by atoms with van der Waals surface area (Å²) in [6, 6.07) is 2.19. The van der Waals surface area contributed by atoms with Crippen molar-refractivity contribution in [3.8, 4) is 0 Å². The first kappa shape index (κ1) is 9.47. The number of nitrogens with zero attached hydrogens (tertiary/aromatic N) is 1. The molecule has 1 aliphatic carbocycles. The zero-order chi connectivity index (χ0) is 9.42. The summed E-state index contributed by atoms with van der Waals surface area (Å²) in [4.78, 5) is 2.64. The first-order valence-corrected chi connectivity index (χ1v) is 5.62. The Kier molecular flexibility index (Phi) is 2.61. The molecule has 2 rings (SSSR count). The van der Waals surface area contributed by atoms with Gasteiger partial charge in [0.1, 0.15) is 0 Å². The summed E-state index contributed by atoms with van der Waals surface area (Å²) in [5.41, 5.74) is 0. The molecule has 0 aromatic carbocycles. The van der Waals surface area contributed by atoms with Crippen LogP contribution in [0, 0.1) is 5.92 Å². The molecular weight excluding hydrogens is 162 g/mol. The number of hydrogen-bond acceptors (Lipinski definition) is 2. The van der Waals surface area contributed by atoms with Crippen molar-refractivity contribution in [2.45, 2.75) is 57.7 Å². The molecule has 0 spiro atoms. The summed E-state index contributed by atoms with van der Waals surface area (Å²) >= 11 is 0. The van der Waals surface area contributed by atoms with Gasteiger partial charge in [0, 0.05) is 24.7 Å². The van der Waals surface area contributed by atoms with Gasteiger partial charge in [-0.15, -0.1) is 0 Å². The smallest absolute Gasteiger partial charge is 0.0474 e. The van der Waals surface area contributed by atoms with Crippen LogP contribution in [-0.4, -0.2) is 34.7 Å². The molecule has 1 saturated heterocycles. The van der Waals surface area contributed by atoms with Gasteiger partial charge in [-0.1, -0.05) is 6.42 Å². The van der Waals surface area contributed by atoms with Gasteiger partial charge in [-0.25, -0.2) is 0 Å². The maximum absolute atomic E-state index is 9.05. The minimum absolute atomic E-state index is 0.389. The molecular formula is C11H21NO. The largest absolute Gasteiger partial charge is 0.396 e. The molecule has 2 nitrogen and oxygen atoms in total. The van der Waals surface area contributed by atoms with Crippen LogP contribution in [0.25, 0.3) is 0 Å². The van der Waals surface area contributed by atoms with E-state index in [9.17, 15) is 0 Å². The molecule has 1 saturated carbocycles. The Morgan fingerprint density at radius 2 is 1.85 bits per heavy atom. The predicted molar refractivity (Wildman–Crippen MR) is 53.6 cm³/mol. The van der Waals surface area contributed by atoms with Crippen LogP contribution < -0.4 is 0 Å². The van der Waals surface area contributed by atoms with Crippen molar-refractivity contribution in [2.24, 2.45) is 5.92 Å². The molecule has 2 heteroatoms. The number of aliphatic hydroxyl groups excluding tert-OH is 1. The monoisotopic (exact) mass is 183 g/mol. The van der Waals surface area contributed by atoms with Gasteiger partial charge in [-0.2, -0.15) is 0 Å². The van der Waals surface area contributed by atoms with E-state index in [4.69, 9.17) is 5.11 Å². The third kappa shape index (κ3) is 1.75. The fraction of sp³-hybridized carbons (Fsp3) is 1.00. The molecule has 0 radical (unpaired) electrons. The Hall–Kier alpha value is -0.0800. The Morgan fingerprint density at radius 1 is 1.23 bits per heavy atom. The van der Waals surface area contributed by atoms with E-state index < -0.39 is 0 Å². The van der Waals surface area contributed by atoms with Crippen LogP contribution in [-0.2, 0) is 0 Å². The molecule has 0 bridgehead atoms. The standard InChI is InChI=1S/C11H21NO/c1-8-4-3-5-9(2)12(8)11-6-10(11)7-13/h8-11,13H,3-7H2,1-2H3/t8-,9+,10?,11?. The van der Waals surface area contributed by atoms with Crippen molar-refractivity contribution in [2.75, 3.05) is 6.61 Å². The van der Waals surface area contributed by atoms with Gasteiger partial charge in [0.15, 0.2) is 0 Å². The third-order valence-electron chi connectivity index (χ3n) is 3.76. The third-order valence-corrected chi connectivity index (χ3v) is 3.76.